The predicted octanol–water partition coefficient (Wildman–Crippen LogP) is 3.70. The minimum absolute atomic E-state index is 0.0413. The van der Waals surface area contributed by atoms with E-state index < -0.39 is 0 Å². The van der Waals surface area contributed by atoms with E-state index in [2.05, 4.69) is 0 Å². The molecule has 0 bridgehead atoms. The van der Waals surface area contributed by atoms with Crippen molar-refractivity contribution in [2.24, 2.45) is 0 Å². The third kappa shape index (κ3) is 4.02. The molecule has 0 aromatic heterocycles. The highest BCUT2D eigenvalue weighted by Crippen LogP contribution is 2.28. The van der Waals surface area contributed by atoms with Crippen molar-refractivity contribution in [2.75, 3.05) is 12.8 Å². The summed E-state index contributed by atoms with van der Waals surface area (Å²) in [6, 6.07) is 16.8. The van der Waals surface area contributed by atoms with E-state index in [1.807, 2.05) is 49.4 Å². The number of benzene rings is 2. The van der Waals surface area contributed by atoms with Gasteiger partial charge in [0, 0.05) is 17.5 Å². The molecule has 2 aromatic rings. The van der Waals surface area contributed by atoms with Crippen LogP contribution in [0.4, 0.5) is 0 Å². The Morgan fingerprint density at radius 3 is 2.43 bits per heavy atom. The van der Waals surface area contributed by atoms with E-state index in [0.29, 0.717) is 5.75 Å². The molecule has 0 aliphatic heterocycles. The van der Waals surface area contributed by atoms with Gasteiger partial charge >= 0.3 is 0 Å². The largest absolute Gasteiger partial charge is 0.508 e. The maximum Gasteiger partial charge on any atom is 0.233 e. The van der Waals surface area contributed by atoms with Crippen LogP contribution in [0.25, 0.3) is 0 Å². The molecule has 0 radical (unpaired) electrons. The molecule has 4 heteroatoms. The van der Waals surface area contributed by atoms with Crippen molar-refractivity contribution in [1.29, 1.82) is 0 Å². The number of rotatable bonds is 5. The number of aromatic hydroxyl groups is 1. The van der Waals surface area contributed by atoms with Gasteiger partial charge in [-0.15, -0.1) is 11.8 Å². The molecule has 110 valence electrons. The van der Waals surface area contributed by atoms with Gasteiger partial charge in [0.2, 0.25) is 5.91 Å². The maximum atomic E-state index is 12.3. The van der Waals surface area contributed by atoms with E-state index in [1.165, 1.54) is 11.8 Å². The first-order chi connectivity index (χ1) is 10.1. The summed E-state index contributed by atoms with van der Waals surface area (Å²) in [7, 11) is 1.77. The number of nitrogens with zero attached hydrogens (tertiary/aromatic N) is 1. The zero-order chi connectivity index (χ0) is 15.2. The van der Waals surface area contributed by atoms with Gasteiger partial charge in [0.05, 0.1) is 11.8 Å². The van der Waals surface area contributed by atoms with Crippen LogP contribution >= 0.6 is 11.8 Å². The van der Waals surface area contributed by atoms with Gasteiger partial charge in [-0.3, -0.25) is 4.79 Å². The number of para-hydroxylation sites is 1. The van der Waals surface area contributed by atoms with Crippen molar-refractivity contribution < 1.29 is 9.90 Å². The maximum absolute atomic E-state index is 12.3. The van der Waals surface area contributed by atoms with Crippen LogP contribution in [0.3, 0.4) is 0 Å². The molecule has 1 atom stereocenters. The van der Waals surface area contributed by atoms with E-state index >= 15 is 0 Å². The minimum atomic E-state index is -0.157. The third-order valence-corrected chi connectivity index (χ3v) is 4.46. The normalized spacial score (nSPS) is 11.9. The summed E-state index contributed by atoms with van der Waals surface area (Å²) in [5, 5.41) is 9.88. The molecule has 1 unspecified atom stereocenters. The van der Waals surface area contributed by atoms with Crippen LogP contribution in [-0.2, 0) is 4.79 Å². The van der Waals surface area contributed by atoms with E-state index in [4.69, 9.17) is 0 Å². The monoisotopic (exact) mass is 301 g/mol. The van der Waals surface area contributed by atoms with Crippen LogP contribution in [-0.4, -0.2) is 28.7 Å². The lowest BCUT2D eigenvalue weighted by atomic mass is 10.1. The zero-order valence-corrected chi connectivity index (χ0v) is 13.0. The van der Waals surface area contributed by atoms with Crippen molar-refractivity contribution >= 4 is 17.7 Å². The lowest BCUT2D eigenvalue weighted by molar-refractivity contribution is -0.128. The Morgan fingerprint density at radius 1 is 1.14 bits per heavy atom. The van der Waals surface area contributed by atoms with Crippen LogP contribution in [0.15, 0.2) is 59.5 Å². The highest BCUT2D eigenvalue weighted by atomic mass is 32.2. The topological polar surface area (TPSA) is 40.5 Å². The first-order valence-electron chi connectivity index (χ1n) is 6.81. The summed E-state index contributed by atoms with van der Waals surface area (Å²) < 4.78 is 0. The number of amides is 1. The van der Waals surface area contributed by atoms with E-state index in [9.17, 15) is 9.90 Å². The molecule has 0 aliphatic rings. The number of carbonyl (C=O) groups excluding carboxylic acids is 1. The van der Waals surface area contributed by atoms with Gasteiger partial charge in [-0.25, -0.2) is 0 Å². The number of phenols is 1. The molecule has 0 saturated carbocycles. The molecule has 1 amide bonds. The van der Waals surface area contributed by atoms with Crippen LogP contribution in [0.1, 0.15) is 18.5 Å². The second kappa shape index (κ2) is 7.18. The highest BCUT2D eigenvalue weighted by Gasteiger charge is 2.19. The summed E-state index contributed by atoms with van der Waals surface area (Å²) in [4.78, 5) is 15.0. The quantitative estimate of drug-likeness (QED) is 0.856. The van der Waals surface area contributed by atoms with Crippen LogP contribution < -0.4 is 0 Å². The van der Waals surface area contributed by atoms with Gasteiger partial charge in [-0.05, 0) is 25.1 Å². The second-order valence-corrected chi connectivity index (χ2v) is 5.89. The van der Waals surface area contributed by atoms with Gasteiger partial charge in [0.1, 0.15) is 5.75 Å². The molecular formula is C17H19NO2S. The molecule has 0 heterocycles. The third-order valence-electron chi connectivity index (χ3n) is 3.47. The summed E-state index contributed by atoms with van der Waals surface area (Å²) in [6.07, 6.45) is 0. The molecule has 0 saturated heterocycles. The van der Waals surface area contributed by atoms with Gasteiger partial charge in [0.15, 0.2) is 0 Å². The molecule has 2 rings (SSSR count). The molecule has 0 spiro atoms. The van der Waals surface area contributed by atoms with Crippen LogP contribution in [0, 0.1) is 0 Å². The van der Waals surface area contributed by atoms with Crippen molar-refractivity contribution in [2.45, 2.75) is 17.9 Å². The van der Waals surface area contributed by atoms with Gasteiger partial charge in [0.25, 0.3) is 0 Å². The van der Waals surface area contributed by atoms with Crippen molar-refractivity contribution in [1.82, 2.24) is 4.90 Å². The highest BCUT2D eigenvalue weighted by molar-refractivity contribution is 8.00. The van der Waals surface area contributed by atoms with Crippen molar-refractivity contribution in [3.8, 4) is 5.75 Å². The molecule has 0 aliphatic carbocycles. The Balaban J connectivity index is 1.97. The predicted molar refractivity (Wildman–Crippen MR) is 86.5 cm³/mol. The SMILES string of the molecule is CC(c1ccccc1O)N(C)C(=O)CSc1ccccc1. The first kappa shape index (κ1) is 15.4. The summed E-state index contributed by atoms with van der Waals surface area (Å²) in [5.74, 6) is 0.651. The summed E-state index contributed by atoms with van der Waals surface area (Å²) in [5.41, 5.74) is 0.762. The molecule has 21 heavy (non-hydrogen) atoms. The Kier molecular flexibility index (Phi) is 5.28. The van der Waals surface area contributed by atoms with E-state index in [1.54, 1.807) is 24.1 Å². The number of thioether (sulfide) groups is 1. The molecule has 2 aromatic carbocycles. The minimum Gasteiger partial charge on any atom is -0.508 e. The van der Waals surface area contributed by atoms with Crippen molar-refractivity contribution in [3.05, 3.63) is 60.2 Å². The fourth-order valence-electron chi connectivity index (χ4n) is 2.03. The summed E-state index contributed by atoms with van der Waals surface area (Å²) in [6.45, 7) is 1.92. The van der Waals surface area contributed by atoms with Crippen molar-refractivity contribution in [3.63, 3.8) is 0 Å². The first-order valence-corrected chi connectivity index (χ1v) is 7.79. The summed E-state index contributed by atoms with van der Waals surface area (Å²) >= 11 is 1.52. The Morgan fingerprint density at radius 2 is 1.76 bits per heavy atom. The number of carbonyl (C=O) groups is 1. The van der Waals surface area contributed by atoms with E-state index in [0.717, 1.165) is 10.5 Å². The Hall–Kier alpha value is -1.94. The molecule has 1 N–H and O–H groups in total. The average Bonchev–Trinajstić information content (AvgIpc) is 2.52. The van der Waals surface area contributed by atoms with Crippen LogP contribution in [0.2, 0.25) is 0 Å². The van der Waals surface area contributed by atoms with Gasteiger partial charge < -0.3 is 10.0 Å². The molecule has 3 nitrogen and oxygen atoms in total. The van der Waals surface area contributed by atoms with Gasteiger partial charge in [-0.2, -0.15) is 0 Å². The lowest BCUT2D eigenvalue weighted by Crippen LogP contribution is -2.31. The molecule has 0 fully saturated rings. The van der Waals surface area contributed by atoms with E-state index in [-0.39, 0.29) is 17.7 Å². The fourth-order valence-corrected chi connectivity index (χ4v) is 2.87. The molecular weight excluding hydrogens is 282 g/mol. The standard InChI is InChI=1S/C17H19NO2S/c1-13(15-10-6-7-11-16(15)19)18(2)17(20)12-21-14-8-4-3-5-9-14/h3-11,13,19H,12H2,1-2H3. The van der Waals surface area contributed by atoms with Crippen LogP contribution in [0.5, 0.6) is 5.75 Å². The average molecular weight is 301 g/mol. The number of hydrogen-bond donors (Lipinski definition) is 1. The second-order valence-electron chi connectivity index (χ2n) is 4.84. The van der Waals surface area contributed by atoms with Gasteiger partial charge in [-0.1, -0.05) is 36.4 Å². The zero-order valence-electron chi connectivity index (χ0n) is 12.2. The smallest absolute Gasteiger partial charge is 0.233 e. The number of phenolic OH excluding ortho intramolecular Hbond substituents is 1. The fraction of sp³-hybridized carbons (Fsp3) is 0.235. The lowest BCUT2D eigenvalue weighted by Gasteiger charge is -2.25. The Bertz CT molecular complexity index is 601. The number of hydrogen-bond acceptors (Lipinski definition) is 3. The Labute approximate surface area is 129 Å².